The van der Waals surface area contributed by atoms with Gasteiger partial charge in [0.25, 0.3) is 0 Å². The number of primary amides is 2. The van der Waals surface area contributed by atoms with Crippen molar-refractivity contribution in [1.82, 2.24) is 16.0 Å². The van der Waals surface area contributed by atoms with Gasteiger partial charge >= 0.3 is 5.97 Å². The van der Waals surface area contributed by atoms with Crippen molar-refractivity contribution in [3.8, 4) is 0 Å². The first-order chi connectivity index (χ1) is 14.7. The van der Waals surface area contributed by atoms with Gasteiger partial charge in [0.1, 0.15) is 24.2 Å². The summed E-state index contributed by atoms with van der Waals surface area (Å²) in [5.74, 6) is -6.54. The number of carboxylic acid groups (broad SMARTS) is 1. The van der Waals surface area contributed by atoms with E-state index in [0.29, 0.717) is 0 Å². The van der Waals surface area contributed by atoms with Crippen LogP contribution in [0.1, 0.15) is 33.1 Å². The van der Waals surface area contributed by atoms with Crippen LogP contribution in [-0.2, 0) is 28.8 Å². The molecule has 0 bridgehead atoms. The van der Waals surface area contributed by atoms with Gasteiger partial charge in [0.05, 0.1) is 18.6 Å². The third-order valence-electron chi connectivity index (χ3n) is 4.22. The summed E-state index contributed by atoms with van der Waals surface area (Å²) in [4.78, 5) is 70.5. The Labute approximate surface area is 183 Å². The molecule has 0 saturated carbocycles. The van der Waals surface area contributed by atoms with Crippen LogP contribution in [0.3, 0.4) is 0 Å². The molecule has 0 aromatic carbocycles. The van der Waals surface area contributed by atoms with Gasteiger partial charge in [0.15, 0.2) is 0 Å². The Hall–Kier alpha value is -3.30. The highest BCUT2D eigenvalue weighted by Gasteiger charge is 2.33. The van der Waals surface area contributed by atoms with E-state index in [2.05, 4.69) is 16.0 Å². The lowest BCUT2D eigenvalue weighted by Crippen LogP contribution is -2.61. The Bertz CT molecular complexity index is 727. The van der Waals surface area contributed by atoms with Crippen molar-refractivity contribution in [2.45, 2.75) is 69.5 Å². The fraction of sp³-hybridized carbons (Fsp3) is 0.647. The second-order valence-corrected chi connectivity index (χ2v) is 7.13. The van der Waals surface area contributed by atoms with Crippen molar-refractivity contribution in [3.63, 3.8) is 0 Å². The average molecular weight is 462 g/mol. The molecule has 15 heteroatoms. The molecule has 12 N–H and O–H groups in total. The molecule has 15 nitrogen and oxygen atoms in total. The first kappa shape index (κ1) is 28.7. The highest BCUT2D eigenvalue weighted by atomic mass is 16.4. The first-order valence-corrected chi connectivity index (χ1v) is 9.49. The maximum atomic E-state index is 12.5. The number of hydrogen-bond donors (Lipinski definition) is 9. The van der Waals surface area contributed by atoms with Crippen LogP contribution in [-0.4, -0.2) is 87.2 Å². The van der Waals surface area contributed by atoms with E-state index in [4.69, 9.17) is 17.2 Å². The van der Waals surface area contributed by atoms with Gasteiger partial charge in [-0.3, -0.25) is 24.0 Å². The molecular weight excluding hydrogens is 432 g/mol. The topological polar surface area (TPSA) is 277 Å². The standard InChI is InChI=1S/C17H30N6O9/c1-6(24)12(20)15(29)23-13(7(2)25)16(30)22-9(5-11(19)27)14(28)21-8(17(31)32)3-4-10(18)26/h6-9,12-13,24-25H,3-5,20H2,1-2H3,(H2,18,26)(H2,19,27)(H,21,28)(H,22,30)(H,23,29)(H,31,32)/t6-,7-,8+,9+,12+,13+/m1/s1. The molecule has 0 heterocycles. The quantitative estimate of drug-likeness (QED) is 0.118. The number of aliphatic carboxylic acids is 1. The van der Waals surface area contributed by atoms with Crippen LogP contribution in [0.2, 0.25) is 0 Å². The van der Waals surface area contributed by atoms with Gasteiger partial charge in [-0.25, -0.2) is 4.79 Å². The summed E-state index contributed by atoms with van der Waals surface area (Å²) in [6.45, 7) is 2.37. The highest BCUT2D eigenvalue weighted by Crippen LogP contribution is 2.03. The molecular formula is C17H30N6O9. The van der Waals surface area contributed by atoms with E-state index in [9.17, 15) is 44.1 Å². The Morgan fingerprint density at radius 1 is 0.781 bits per heavy atom. The summed E-state index contributed by atoms with van der Waals surface area (Å²) in [6, 6.07) is -6.28. The van der Waals surface area contributed by atoms with Crippen molar-refractivity contribution in [2.24, 2.45) is 17.2 Å². The molecule has 0 rings (SSSR count). The zero-order chi connectivity index (χ0) is 25.2. The smallest absolute Gasteiger partial charge is 0.326 e. The van der Waals surface area contributed by atoms with Crippen molar-refractivity contribution < 1.29 is 44.1 Å². The second-order valence-electron chi connectivity index (χ2n) is 7.13. The van der Waals surface area contributed by atoms with Crippen molar-refractivity contribution in [3.05, 3.63) is 0 Å². The van der Waals surface area contributed by atoms with E-state index < -0.39 is 78.3 Å². The van der Waals surface area contributed by atoms with Crippen molar-refractivity contribution in [2.75, 3.05) is 0 Å². The molecule has 0 aliphatic heterocycles. The van der Waals surface area contributed by atoms with Crippen LogP contribution in [0, 0.1) is 0 Å². The van der Waals surface area contributed by atoms with Gasteiger partial charge in [-0.15, -0.1) is 0 Å². The zero-order valence-electron chi connectivity index (χ0n) is 17.6. The minimum atomic E-state index is -1.67. The van der Waals surface area contributed by atoms with E-state index in [1.807, 2.05) is 0 Å². The van der Waals surface area contributed by atoms with Gasteiger partial charge in [0, 0.05) is 6.42 Å². The molecule has 0 aliphatic rings. The van der Waals surface area contributed by atoms with Gasteiger partial charge in [0.2, 0.25) is 29.5 Å². The zero-order valence-corrected chi connectivity index (χ0v) is 17.6. The summed E-state index contributed by atoms with van der Waals surface area (Å²) in [7, 11) is 0. The first-order valence-electron chi connectivity index (χ1n) is 9.49. The average Bonchev–Trinajstić information content (AvgIpc) is 2.66. The number of nitrogens with two attached hydrogens (primary N) is 3. The Balaban J connectivity index is 5.47. The summed E-state index contributed by atoms with van der Waals surface area (Å²) in [6.07, 6.45) is -4.21. The molecule has 0 aromatic heterocycles. The molecule has 0 unspecified atom stereocenters. The Morgan fingerprint density at radius 3 is 1.72 bits per heavy atom. The molecule has 6 atom stereocenters. The monoisotopic (exact) mass is 462 g/mol. The van der Waals surface area contributed by atoms with Crippen LogP contribution in [0.15, 0.2) is 0 Å². The molecule has 32 heavy (non-hydrogen) atoms. The van der Waals surface area contributed by atoms with Gasteiger partial charge in [-0.1, -0.05) is 0 Å². The number of carbonyl (C=O) groups excluding carboxylic acids is 5. The van der Waals surface area contributed by atoms with E-state index >= 15 is 0 Å². The Kier molecular flexibility index (Phi) is 11.8. The number of aliphatic hydroxyl groups is 2. The third kappa shape index (κ3) is 10.1. The number of rotatable bonds is 14. The van der Waals surface area contributed by atoms with Crippen molar-refractivity contribution in [1.29, 1.82) is 0 Å². The summed E-state index contributed by atoms with van der Waals surface area (Å²) < 4.78 is 0. The van der Waals surface area contributed by atoms with Crippen LogP contribution in [0.25, 0.3) is 0 Å². The minimum Gasteiger partial charge on any atom is -0.480 e. The van der Waals surface area contributed by atoms with Crippen LogP contribution in [0.4, 0.5) is 0 Å². The number of carbonyl (C=O) groups is 6. The van der Waals surface area contributed by atoms with Crippen LogP contribution < -0.4 is 33.2 Å². The maximum absolute atomic E-state index is 12.5. The molecule has 0 fully saturated rings. The van der Waals surface area contributed by atoms with Gasteiger partial charge in [-0.05, 0) is 20.3 Å². The number of carboxylic acids is 1. The van der Waals surface area contributed by atoms with Crippen molar-refractivity contribution >= 4 is 35.5 Å². The lowest BCUT2D eigenvalue weighted by atomic mass is 10.1. The molecule has 0 aromatic rings. The third-order valence-corrected chi connectivity index (χ3v) is 4.22. The molecule has 182 valence electrons. The number of hydrogen-bond acceptors (Lipinski definition) is 9. The maximum Gasteiger partial charge on any atom is 0.326 e. The van der Waals surface area contributed by atoms with Gasteiger partial charge in [-0.2, -0.15) is 0 Å². The molecule has 5 amide bonds. The summed E-state index contributed by atoms with van der Waals surface area (Å²) >= 11 is 0. The van der Waals surface area contributed by atoms with E-state index in [-0.39, 0.29) is 12.8 Å². The normalized spacial score (nSPS) is 16.4. The SMILES string of the molecule is C[C@@H](O)[C@H](N)C(=O)N[C@H](C(=O)N[C@@H](CC(N)=O)C(=O)N[C@@H](CCC(N)=O)C(=O)O)[C@@H](C)O. The molecule has 0 radical (unpaired) electrons. The fourth-order valence-electron chi connectivity index (χ4n) is 2.36. The second kappa shape index (κ2) is 13.2. The predicted octanol–water partition coefficient (Wildman–Crippen LogP) is -5.24. The number of amides is 5. The summed E-state index contributed by atoms with van der Waals surface area (Å²) in [5.41, 5.74) is 15.5. The molecule has 0 spiro atoms. The van der Waals surface area contributed by atoms with E-state index in [1.54, 1.807) is 0 Å². The summed E-state index contributed by atoms with van der Waals surface area (Å²) in [5, 5.41) is 34.6. The van der Waals surface area contributed by atoms with E-state index in [0.717, 1.165) is 6.92 Å². The van der Waals surface area contributed by atoms with E-state index in [1.165, 1.54) is 6.92 Å². The van der Waals surface area contributed by atoms with Crippen LogP contribution >= 0.6 is 0 Å². The minimum absolute atomic E-state index is 0.350. The van der Waals surface area contributed by atoms with Crippen LogP contribution in [0.5, 0.6) is 0 Å². The predicted molar refractivity (Wildman–Crippen MR) is 107 cm³/mol. The fourth-order valence-corrected chi connectivity index (χ4v) is 2.36. The molecule has 0 aliphatic carbocycles. The number of aliphatic hydroxyl groups excluding tert-OH is 2. The highest BCUT2D eigenvalue weighted by molar-refractivity contribution is 5.96. The molecule has 0 saturated heterocycles. The lowest BCUT2D eigenvalue weighted by Gasteiger charge is -2.26. The van der Waals surface area contributed by atoms with Gasteiger partial charge < -0.3 is 48.5 Å². The largest absolute Gasteiger partial charge is 0.480 e. The Morgan fingerprint density at radius 2 is 1.31 bits per heavy atom. The lowest BCUT2D eigenvalue weighted by molar-refractivity contribution is -0.143. The number of nitrogens with one attached hydrogen (secondary N) is 3.